The van der Waals surface area contributed by atoms with Crippen molar-refractivity contribution in [1.82, 2.24) is 0 Å². The van der Waals surface area contributed by atoms with Crippen LogP contribution in [0.3, 0.4) is 0 Å². The summed E-state index contributed by atoms with van der Waals surface area (Å²) >= 11 is 0. The van der Waals surface area contributed by atoms with Crippen molar-refractivity contribution in [2.24, 2.45) is 5.16 Å². The number of carbonyl (C=O) groups excluding carboxylic acids is 1. The second-order valence-electron chi connectivity index (χ2n) is 10.4. The third-order valence-electron chi connectivity index (χ3n) is 7.14. The van der Waals surface area contributed by atoms with Crippen LogP contribution >= 0.6 is 0 Å². The molecule has 2 aliphatic rings. The van der Waals surface area contributed by atoms with Crippen molar-refractivity contribution in [3.63, 3.8) is 0 Å². The predicted octanol–water partition coefficient (Wildman–Crippen LogP) is 6.06. The molecule has 2 atom stereocenters. The lowest BCUT2D eigenvalue weighted by Gasteiger charge is -2.23. The fourth-order valence-corrected chi connectivity index (χ4v) is 4.86. The van der Waals surface area contributed by atoms with Crippen LogP contribution in [0.5, 0.6) is 17.2 Å². The van der Waals surface area contributed by atoms with Gasteiger partial charge in [-0.3, -0.25) is 4.79 Å². The van der Waals surface area contributed by atoms with E-state index in [4.69, 9.17) is 33.3 Å². The maximum absolute atomic E-state index is 11.6. The van der Waals surface area contributed by atoms with E-state index in [1.807, 2.05) is 72.8 Å². The summed E-state index contributed by atoms with van der Waals surface area (Å²) in [5.41, 5.74) is 3.23. The van der Waals surface area contributed by atoms with Crippen LogP contribution < -0.4 is 14.2 Å². The Labute approximate surface area is 252 Å². The molecule has 0 saturated carbocycles. The van der Waals surface area contributed by atoms with Crippen LogP contribution in [0.2, 0.25) is 0 Å². The molecule has 0 N–H and O–H groups in total. The Morgan fingerprint density at radius 2 is 1.37 bits per heavy atom. The van der Waals surface area contributed by atoms with Gasteiger partial charge in [0.25, 0.3) is 0 Å². The first-order chi connectivity index (χ1) is 21.2. The largest absolute Gasteiger partial charge is 0.490 e. The monoisotopic (exact) mass is 589 g/mol. The van der Waals surface area contributed by atoms with E-state index in [2.05, 4.69) is 5.16 Å². The number of nitrogens with zero attached hydrogens (tertiary/aromatic N) is 1. The number of rotatable bonds is 13. The van der Waals surface area contributed by atoms with Gasteiger partial charge in [-0.25, -0.2) is 0 Å². The molecule has 0 bridgehead atoms. The van der Waals surface area contributed by atoms with Gasteiger partial charge in [-0.2, -0.15) is 0 Å². The van der Waals surface area contributed by atoms with Gasteiger partial charge in [0.1, 0.15) is 29.6 Å². The van der Waals surface area contributed by atoms with Crippen molar-refractivity contribution in [3.8, 4) is 17.2 Å². The molecule has 9 heteroatoms. The molecule has 0 spiro atoms. The minimum atomic E-state index is -0.300. The number of hydrogen-bond acceptors (Lipinski definition) is 9. The van der Waals surface area contributed by atoms with Gasteiger partial charge in [-0.15, -0.1) is 0 Å². The van der Waals surface area contributed by atoms with Gasteiger partial charge in [0.15, 0.2) is 19.2 Å². The van der Waals surface area contributed by atoms with Crippen LogP contribution in [0.1, 0.15) is 55.2 Å². The van der Waals surface area contributed by atoms with Gasteiger partial charge in [0.2, 0.25) is 0 Å². The zero-order valence-corrected chi connectivity index (χ0v) is 24.6. The molecule has 0 aromatic heterocycles. The van der Waals surface area contributed by atoms with Gasteiger partial charge >= 0.3 is 5.97 Å². The second kappa shape index (κ2) is 16.0. The van der Waals surface area contributed by atoms with Crippen LogP contribution in [0, 0.1) is 0 Å². The van der Waals surface area contributed by atoms with Crippen molar-refractivity contribution < 1.29 is 38.1 Å². The molecule has 2 aliphatic heterocycles. The molecule has 2 unspecified atom stereocenters. The van der Waals surface area contributed by atoms with E-state index in [9.17, 15) is 4.79 Å². The van der Waals surface area contributed by atoms with Gasteiger partial charge in [-0.05, 0) is 91.9 Å². The van der Waals surface area contributed by atoms with E-state index in [1.54, 1.807) is 0 Å². The fraction of sp³-hybridized carbons (Fsp3) is 0.412. The molecule has 43 heavy (non-hydrogen) atoms. The van der Waals surface area contributed by atoms with Crippen LogP contribution in [0.4, 0.5) is 0 Å². The van der Waals surface area contributed by atoms with Gasteiger partial charge in [0.05, 0.1) is 26.7 Å². The van der Waals surface area contributed by atoms with Crippen molar-refractivity contribution >= 4 is 11.7 Å². The second-order valence-corrected chi connectivity index (χ2v) is 10.4. The highest BCUT2D eigenvalue weighted by molar-refractivity contribution is 6.12. The third kappa shape index (κ3) is 9.46. The van der Waals surface area contributed by atoms with Crippen molar-refractivity contribution in [2.75, 3.05) is 33.5 Å². The zero-order valence-electron chi connectivity index (χ0n) is 24.6. The molecule has 5 rings (SSSR count). The maximum Gasteiger partial charge on any atom is 0.309 e. The first-order valence-corrected chi connectivity index (χ1v) is 14.9. The maximum atomic E-state index is 11.6. The summed E-state index contributed by atoms with van der Waals surface area (Å²) < 4.78 is 34.0. The SMILES string of the molecule is COC(=O)Cc1cccc(OCCON=C(c2ccc(OC3CCCCO3)cc2)c2ccc(OC3CCCCO3)cc2)c1. The number of ether oxygens (including phenoxy) is 6. The number of hydrogen-bond donors (Lipinski definition) is 0. The van der Waals surface area contributed by atoms with E-state index in [0.717, 1.165) is 79.9 Å². The molecular formula is C34H39NO8. The standard InChI is InChI=1S/C34H39NO8/c1-37-31(36)24-25-7-6-8-30(23-25)38-21-22-41-35-34(26-11-15-28(16-12-26)42-32-9-2-4-19-39-32)27-13-17-29(18-14-27)43-33-10-3-5-20-40-33/h6-8,11-18,23,32-33H,2-5,9-10,19-22,24H2,1H3. The summed E-state index contributed by atoms with van der Waals surface area (Å²) in [4.78, 5) is 17.3. The van der Waals surface area contributed by atoms with Crippen molar-refractivity contribution in [1.29, 1.82) is 0 Å². The van der Waals surface area contributed by atoms with Gasteiger partial charge in [-0.1, -0.05) is 17.3 Å². The quantitative estimate of drug-likeness (QED) is 0.103. The highest BCUT2D eigenvalue weighted by atomic mass is 16.7. The number of oxime groups is 1. The summed E-state index contributed by atoms with van der Waals surface area (Å²) in [5.74, 6) is 1.83. The molecule has 2 saturated heterocycles. The number of benzene rings is 3. The molecule has 228 valence electrons. The minimum absolute atomic E-state index is 0.187. The normalized spacial score (nSPS) is 18.3. The molecular weight excluding hydrogens is 550 g/mol. The predicted molar refractivity (Wildman–Crippen MR) is 161 cm³/mol. The molecule has 0 radical (unpaired) electrons. The molecule has 9 nitrogen and oxygen atoms in total. The van der Waals surface area contributed by atoms with Gasteiger partial charge < -0.3 is 33.3 Å². The Kier molecular flexibility index (Phi) is 11.3. The average Bonchev–Trinajstić information content (AvgIpc) is 3.05. The summed E-state index contributed by atoms with van der Waals surface area (Å²) in [5, 5.41) is 4.50. The Morgan fingerprint density at radius 3 is 1.91 bits per heavy atom. The Hall–Kier alpha value is -4.08. The van der Waals surface area contributed by atoms with Crippen molar-refractivity contribution in [3.05, 3.63) is 89.5 Å². The van der Waals surface area contributed by atoms with Crippen LogP contribution in [-0.4, -0.2) is 57.8 Å². The number of esters is 1. The first kappa shape index (κ1) is 30.4. The lowest BCUT2D eigenvalue weighted by atomic mass is 10.0. The van der Waals surface area contributed by atoms with E-state index < -0.39 is 0 Å². The summed E-state index contributed by atoms with van der Waals surface area (Å²) in [6, 6.07) is 22.9. The lowest BCUT2D eigenvalue weighted by Crippen LogP contribution is -2.25. The lowest BCUT2D eigenvalue weighted by molar-refractivity contribution is -0.139. The highest BCUT2D eigenvalue weighted by Gasteiger charge is 2.17. The molecule has 0 aliphatic carbocycles. The van der Waals surface area contributed by atoms with Gasteiger partial charge in [0, 0.05) is 24.0 Å². The topological polar surface area (TPSA) is 94.0 Å². The van der Waals surface area contributed by atoms with Crippen LogP contribution in [-0.2, 0) is 30.3 Å². The van der Waals surface area contributed by atoms with Crippen molar-refractivity contribution in [2.45, 2.75) is 57.5 Å². The minimum Gasteiger partial charge on any atom is -0.490 e. The zero-order chi connectivity index (χ0) is 29.7. The molecule has 2 heterocycles. The Bertz CT molecular complexity index is 1250. The fourth-order valence-electron chi connectivity index (χ4n) is 4.86. The smallest absolute Gasteiger partial charge is 0.309 e. The molecule has 3 aromatic carbocycles. The molecule has 0 amide bonds. The van der Waals surface area contributed by atoms with E-state index in [-0.39, 0.29) is 38.2 Å². The number of methoxy groups -OCH3 is 1. The number of carbonyl (C=O) groups is 1. The summed E-state index contributed by atoms with van der Waals surface area (Å²) in [6.07, 6.45) is 5.90. The average molecular weight is 590 g/mol. The van der Waals surface area contributed by atoms with Crippen LogP contribution in [0.25, 0.3) is 0 Å². The van der Waals surface area contributed by atoms with E-state index in [1.165, 1.54) is 7.11 Å². The Morgan fingerprint density at radius 1 is 0.767 bits per heavy atom. The highest BCUT2D eigenvalue weighted by Crippen LogP contribution is 2.24. The van der Waals surface area contributed by atoms with E-state index >= 15 is 0 Å². The summed E-state index contributed by atoms with van der Waals surface area (Å²) in [6.45, 7) is 1.96. The molecule has 3 aromatic rings. The van der Waals surface area contributed by atoms with E-state index in [0.29, 0.717) is 11.5 Å². The van der Waals surface area contributed by atoms with Crippen LogP contribution in [0.15, 0.2) is 78.0 Å². The summed E-state index contributed by atoms with van der Waals surface area (Å²) in [7, 11) is 1.37. The third-order valence-corrected chi connectivity index (χ3v) is 7.14. The molecule has 2 fully saturated rings. The first-order valence-electron chi connectivity index (χ1n) is 14.9. The Balaban J connectivity index is 1.24.